The highest BCUT2D eigenvalue weighted by Gasteiger charge is 1.95. The first-order chi connectivity index (χ1) is 6.81. The van der Waals surface area contributed by atoms with Gasteiger partial charge in [-0.05, 0) is 0 Å². The van der Waals surface area contributed by atoms with E-state index in [0.717, 1.165) is 0 Å². The molecule has 0 bridgehead atoms. The minimum atomic E-state index is 0. The van der Waals surface area contributed by atoms with Crippen LogP contribution in [0, 0.1) is 0 Å². The van der Waals surface area contributed by atoms with Gasteiger partial charge in [-0.15, -0.1) is 12.4 Å². The van der Waals surface area contributed by atoms with Gasteiger partial charge in [0.05, 0.1) is 30.9 Å². The number of nitrogens with one attached hydrogen (secondary N) is 1. The molecule has 0 aromatic rings. The first-order valence-corrected chi connectivity index (χ1v) is 6.02. The highest BCUT2D eigenvalue weighted by atomic mass is 127. The Morgan fingerprint density at radius 2 is 1.80 bits per heavy atom. The molecule has 0 heterocycles. The maximum atomic E-state index is 10.8. The van der Waals surface area contributed by atoms with Gasteiger partial charge in [-0.1, -0.05) is 22.6 Å². The van der Waals surface area contributed by atoms with Crippen LogP contribution in [0.1, 0.15) is 0 Å². The van der Waals surface area contributed by atoms with Gasteiger partial charge in [0, 0.05) is 13.1 Å². The first-order valence-electron chi connectivity index (χ1n) is 4.49. The zero-order chi connectivity index (χ0) is 10.6. The molecule has 0 saturated carbocycles. The van der Waals surface area contributed by atoms with E-state index < -0.39 is 0 Å². The van der Waals surface area contributed by atoms with Crippen LogP contribution in [0.15, 0.2) is 0 Å². The predicted octanol–water partition coefficient (Wildman–Crippen LogP) is -0.0487. The molecule has 0 aromatic carbocycles. The van der Waals surface area contributed by atoms with Crippen LogP contribution < -0.4 is 11.1 Å². The van der Waals surface area contributed by atoms with Crippen LogP contribution in [0.25, 0.3) is 0 Å². The third-order valence-electron chi connectivity index (χ3n) is 1.32. The molecule has 92 valence electrons. The van der Waals surface area contributed by atoms with Crippen LogP contribution in [0.3, 0.4) is 0 Å². The lowest BCUT2D eigenvalue weighted by Crippen LogP contribution is -2.28. The van der Waals surface area contributed by atoms with E-state index in [1.165, 1.54) is 0 Å². The van der Waals surface area contributed by atoms with Crippen molar-refractivity contribution in [2.75, 3.05) is 43.9 Å². The maximum Gasteiger partial charge on any atom is 0.229 e. The summed E-state index contributed by atoms with van der Waals surface area (Å²) in [5, 5.41) is 2.70. The van der Waals surface area contributed by atoms with Crippen LogP contribution in [0.4, 0.5) is 0 Å². The van der Waals surface area contributed by atoms with Crippen molar-refractivity contribution in [1.29, 1.82) is 0 Å². The zero-order valence-corrected chi connectivity index (χ0v) is 11.5. The second-order valence-electron chi connectivity index (χ2n) is 2.50. The first kappa shape index (κ1) is 17.8. The number of ether oxygens (including phenoxy) is 2. The SMILES string of the molecule is Cl.NCCOCCOCCNC(=O)CI. The van der Waals surface area contributed by atoms with Crippen molar-refractivity contribution in [3.05, 3.63) is 0 Å². The van der Waals surface area contributed by atoms with Crippen LogP contribution in [0.2, 0.25) is 0 Å². The molecule has 0 rings (SSSR count). The summed E-state index contributed by atoms with van der Waals surface area (Å²) >= 11 is 2.01. The van der Waals surface area contributed by atoms with E-state index in [9.17, 15) is 4.79 Å². The topological polar surface area (TPSA) is 73.6 Å². The number of hydrogen-bond donors (Lipinski definition) is 2. The third kappa shape index (κ3) is 14.4. The summed E-state index contributed by atoms with van der Waals surface area (Å²) < 4.78 is 10.8. The number of alkyl halides is 1. The van der Waals surface area contributed by atoms with Crippen molar-refractivity contribution in [2.24, 2.45) is 5.73 Å². The summed E-state index contributed by atoms with van der Waals surface area (Å²) in [5.41, 5.74) is 5.23. The number of hydrogen-bond acceptors (Lipinski definition) is 4. The summed E-state index contributed by atoms with van der Waals surface area (Å²) in [5.74, 6) is 0.0357. The Balaban J connectivity index is 0. The molecule has 0 unspecified atom stereocenters. The number of carbonyl (C=O) groups excluding carboxylic acids is 1. The van der Waals surface area contributed by atoms with Crippen LogP contribution >= 0.6 is 35.0 Å². The summed E-state index contributed by atoms with van der Waals surface area (Å²) in [6.07, 6.45) is 0. The monoisotopic (exact) mass is 352 g/mol. The van der Waals surface area contributed by atoms with Gasteiger partial charge in [-0.25, -0.2) is 0 Å². The van der Waals surface area contributed by atoms with E-state index in [2.05, 4.69) is 5.32 Å². The number of nitrogens with two attached hydrogens (primary N) is 1. The molecular weight excluding hydrogens is 334 g/mol. The highest BCUT2D eigenvalue weighted by Crippen LogP contribution is 1.80. The third-order valence-corrected chi connectivity index (χ3v) is 2.02. The average Bonchev–Trinajstić information content (AvgIpc) is 2.21. The fourth-order valence-electron chi connectivity index (χ4n) is 0.715. The van der Waals surface area contributed by atoms with Gasteiger partial charge in [0.1, 0.15) is 0 Å². The van der Waals surface area contributed by atoms with E-state index in [0.29, 0.717) is 43.9 Å². The highest BCUT2D eigenvalue weighted by molar-refractivity contribution is 14.1. The van der Waals surface area contributed by atoms with E-state index in [1.807, 2.05) is 22.6 Å². The number of rotatable bonds is 9. The lowest BCUT2D eigenvalue weighted by Gasteiger charge is -2.05. The van der Waals surface area contributed by atoms with Gasteiger partial charge in [0.15, 0.2) is 0 Å². The predicted molar refractivity (Wildman–Crippen MR) is 69.8 cm³/mol. The lowest BCUT2D eigenvalue weighted by molar-refractivity contribution is -0.118. The number of carbonyl (C=O) groups is 1. The van der Waals surface area contributed by atoms with Crippen molar-refractivity contribution >= 4 is 40.9 Å². The molecule has 0 fully saturated rings. The number of halogens is 2. The Kier molecular flexibility index (Phi) is 17.0. The summed E-state index contributed by atoms with van der Waals surface area (Å²) in [6, 6.07) is 0. The van der Waals surface area contributed by atoms with Gasteiger partial charge >= 0.3 is 0 Å². The Morgan fingerprint density at radius 1 is 1.20 bits per heavy atom. The molecule has 7 heteroatoms. The minimum Gasteiger partial charge on any atom is -0.378 e. The molecule has 0 aliphatic rings. The second-order valence-corrected chi connectivity index (χ2v) is 3.26. The molecule has 15 heavy (non-hydrogen) atoms. The normalized spacial score (nSPS) is 9.47. The smallest absolute Gasteiger partial charge is 0.229 e. The maximum absolute atomic E-state index is 10.8. The van der Waals surface area contributed by atoms with Gasteiger partial charge in [0.25, 0.3) is 0 Å². The lowest BCUT2D eigenvalue weighted by atomic mass is 10.6. The van der Waals surface area contributed by atoms with Crippen molar-refractivity contribution in [3.8, 4) is 0 Å². The van der Waals surface area contributed by atoms with E-state index >= 15 is 0 Å². The van der Waals surface area contributed by atoms with Crippen molar-refractivity contribution in [1.82, 2.24) is 5.32 Å². The van der Waals surface area contributed by atoms with Crippen LogP contribution in [0.5, 0.6) is 0 Å². The van der Waals surface area contributed by atoms with Gasteiger partial charge in [-0.3, -0.25) is 4.79 Å². The molecule has 0 spiro atoms. The van der Waals surface area contributed by atoms with Crippen LogP contribution in [-0.4, -0.2) is 49.9 Å². The largest absolute Gasteiger partial charge is 0.378 e. The van der Waals surface area contributed by atoms with Crippen molar-refractivity contribution < 1.29 is 14.3 Å². The fraction of sp³-hybridized carbons (Fsp3) is 0.875. The number of amides is 1. The van der Waals surface area contributed by atoms with E-state index in [4.69, 9.17) is 15.2 Å². The molecule has 3 N–H and O–H groups in total. The van der Waals surface area contributed by atoms with Crippen molar-refractivity contribution in [2.45, 2.75) is 0 Å². The van der Waals surface area contributed by atoms with Gasteiger partial charge < -0.3 is 20.5 Å². The molecule has 0 aliphatic heterocycles. The Bertz CT molecular complexity index is 152. The molecule has 1 amide bonds. The van der Waals surface area contributed by atoms with E-state index in [1.54, 1.807) is 0 Å². The van der Waals surface area contributed by atoms with E-state index in [-0.39, 0.29) is 18.3 Å². The molecular formula is C8H18ClIN2O3. The Labute approximate surface area is 110 Å². The molecule has 5 nitrogen and oxygen atoms in total. The summed E-state index contributed by atoms with van der Waals surface area (Å²) in [6.45, 7) is 3.27. The summed E-state index contributed by atoms with van der Waals surface area (Å²) in [7, 11) is 0. The minimum absolute atomic E-state index is 0. The average molecular weight is 353 g/mol. The standard InChI is InChI=1S/C8H17IN2O3.ClH/c9-7-8(12)11-2-4-14-6-5-13-3-1-10;/h1-7,10H2,(H,11,12);1H. The molecule has 0 saturated heterocycles. The van der Waals surface area contributed by atoms with Crippen LogP contribution in [-0.2, 0) is 14.3 Å². The second kappa shape index (κ2) is 14.4. The Hall–Kier alpha value is 0.370. The molecule has 0 atom stereocenters. The molecule has 0 aliphatic carbocycles. The molecule has 0 aromatic heterocycles. The zero-order valence-electron chi connectivity index (χ0n) is 8.54. The quantitative estimate of drug-likeness (QED) is 0.347. The molecule has 0 radical (unpaired) electrons. The van der Waals surface area contributed by atoms with Gasteiger partial charge in [0.2, 0.25) is 5.91 Å². The van der Waals surface area contributed by atoms with Crippen molar-refractivity contribution in [3.63, 3.8) is 0 Å². The van der Waals surface area contributed by atoms with Gasteiger partial charge in [-0.2, -0.15) is 0 Å². The fourth-order valence-corrected chi connectivity index (χ4v) is 0.985. The summed E-state index contributed by atoms with van der Waals surface area (Å²) in [4.78, 5) is 10.8. The Morgan fingerprint density at radius 3 is 2.33 bits per heavy atom.